The second-order valence-electron chi connectivity index (χ2n) is 5.71. The number of benzene rings is 1. The molecule has 27 heavy (non-hydrogen) atoms. The molecular formula is C18H20BrNO6S. The lowest BCUT2D eigenvalue weighted by molar-refractivity contribution is -0.143. The van der Waals surface area contributed by atoms with Gasteiger partial charge in [-0.3, -0.25) is 19.3 Å². The maximum absolute atomic E-state index is 12.4. The van der Waals surface area contributed by atoms with Gasteiger partial charge in [0.25, 0.3) is 11.1 Å². The molecule has 0 saturated carbocycles. The summed E-state index contributed by atoms with van der Waals surface area (Å²) in [6.45, 7) is 3.56. The zero-order chi connectivity index (χ0) is 20.1. The van der Waals surface area contributed by atoms with Crippen molar-refractivity contribution < 1.29 is 28.6 Å². The Morgan fingerprint density at radius 2 is 2.04 bits per heavy atom. The predicted octanol–water partition coefficient (Wildman–Crippen LogP) is 3.84. The molecular weight excluding hydrogens is 438 g/mol. The van der Waals surface area contributed by atoms with Crippen LogP contribution in [0.3, 0.4) is 0 Å². The number of rotatable bonds is 7. The topological polar surface area (TPSA) is 82.1 Å². The Hall–Kier alpha value is -2.00. The number of nitrogens with zero attached hydrogens (tertiary/aromatic N) is 1. The third kappa shape index (κ3) is 5.04. The first-order valence-corrected chi connectivity index (χ1v) is 9.78. The number of amides is 2. The van der Waals surface area contributed by atoms with Gasteiger partial charge in [0.05, 0.1) is 29.7 Å². The summed E-state index contributed by atoms with van der Waals surface area (Å²) in [4.78, 5) is 36.8. The van der Waals surface area contributed by atoms with Crippen molar-refractivity contribution in [3.8, 4) is 11.5 Å². The highest BCUT2D eigenvalue weighted by molar-refractivity contribution is 9.10. The fourth-order valence-electron chi connectivity index (χ4n) is 2.20. The van der Waals surface area contributed by atoms with Crippen molar-refractivity contribution in [2.24, 2.45) is 0 Å². The van der Waals surface area contributed by atoms with Gasteiger partial charge in [0, 0.05) is 0 Å². The molecule has 7 nitrogen and oxygen atoms in total. The molecule has 0 aromatic heterocycles. The minimum absolute atomic E-state index is 0.0101. The van der Waals surface area contributed by atoms with Crippen LogP contribution in [0.15, 0.2) is 21.5 Å². The summed E-state index contributed by atoms with van der Waals surface area (Å²) in [5, 5.41) is -0.514. The minimum atomic E-state index is -0.658. The van der Waals surface area contributed by atoms with Crippen molar-refractivity contribution in [3.63, 3.8) is 0 Å². The average Bonchev–Trinajstić information content (AvgIpc) is 2.90. The number of imide groups is 1. The number of esters is 1. The SMILES string of the molecule is CC[C@@H](C)Oc1c(Br)cc(/C=C2\SC(=O)N(CC(=O)OC)C2=O)cc1OC. The average molecular weight is 458 g/mol. The zero-order valence-corrected chi connectivity index (χ0v) is 17.8. The first-order chi connectivity index (χ1) is 12.8. The minimum Gasteiger partial charge on any atom is -0.493 e. The quantitative estimate of drug-likeness (QED) is 0.454. The monoisotopic (exact) mass is 457 g/mol. The van der Waals surface area contributed by atoms with Gasteiger partial charge in [-0.1, -0.05) is 6.92 Å². The van der Waals surface area contributed by atoms with Crippen LogP contribution in [0.5, 0.6) is 11.5 Å². The molecule has 0 bridgehead atoms. The number of carbonyl (C=O) groups excluding carboxylic acids is 3. The molecule has 1 saturated heterocycles. The summed E-state index contributed by atoms with van der Waals surface area (Å²) in [5.41, 5.74) is 0.652. The molecule has 1 atom stereocenters. The number of methoxy groups -OCH3 is 2. The van der Waals surface area contributed by atoms with Gasteiger partial charge in [0.1, 0.15) is 6.54 Å². The summed E-state index contributed by atoms with van der Waals surface area (Å²) in [6, 6.07) is 3.49. The van der Waals surface area contributed by atoms with E-state index < -0.39 is 23.7 Å². The van der Waals surface area contributed by atoms with Gasteiger partial charge in [-0.15, -0.1) is 0 Å². The Morgan fingerprint density at radius 1 is 1.33 bits per heavy atom. The highest BCUT2D eigenvalue weighted by atomic mass is 79.9. The smallest absolute Gasteiger partial charge is 0.325 e. The van der Waals surface area contributed by atoms with Crippen LogP contribution in [0, 0.1) is 0 Å². The Morgan fingerprint density at radius 3 is 2.63 bits per heavy atom. The molecule has 1 aliphatic heterocycles. The van der Waals surface area contributed by atoms with Crippen molar-refractivity contribution in [1.29, 1.82) is 0 Å². The largest absolute Gasteiger partial charge is 0.493 e. The van der Waals surface area contributed by atoms with Crippen LogP contribution < -0.4 is 9.47 Å². The second kappa shape index (κ2) is 9.27. The van der Waals surface area contributed by atoms with E-state index >= 15 is 0 Å². The van der Waals surface area contributed by atoms with Gasteiger partial charge < -0.3 is 14.2 Å². The maximum Gasteiger partial charge on any atom is 0.325 e. The number of hydrogen-bond donors (Lipinski definition) is 0. The molecule has 1 aliphatic rings. The van der Waals surface area contributed by atoms with Crippen molar-refractivity contribution >= 4 is 50.9 Å². The van der Waals surface area contributed by atoms with E-state index in [0.717, 1.165) is 23.1 Å². The van der Waals surface area contributed by atoms with Crippen LogP contribution >= 0.6 is 27.7 Å². The van der Waals surface area contributed by atoms with Gasteiger partial charge >= 0.3 is 5.97 Å². The summed E-state index contributed by atoms with van der Waals surface area (Å²) in [6.07, 6.45) is 2.42. The molecule has 1 fully saturated rings. The number of halogens is 1. The molecule has 0 unspecified atom stereocenters. The summed E-state index contributed by atoms with van der Waals surface area (Å²) >= 11 is 4.23. The van der Waals surface area contributed by atoms with E-state index in [4.69, 9.17) is 9.47 Å². The summed E-state index contributed by atoms with van der Waals surface area (Å²) in [5.74, 6) is -0.118. The van der Waals surface area contributed by atoms with E-state index in [-0.39, 0.29) is 11.0 Å². The normalized spacial score (nSPS) is 16.6. The Bertz CT molecular complexity index is 794. The Balaban J connectivity index is 2.31. The summed E-state index contributed by atoms with van der Waals surface area (Å²) in [7, 11) is 2.73. The third-order valence-electron chi connectivity index (χ3n) is 3.83. The lowest BCUT2D eigenvalue weighted by atomic mass is 10.1. The van der Waals surface area contributed by atoms with Crippen LogP contribution in [0.4, 0.5) is 4.79 Å². The molecule has 9 heteroatoms. The van der Waals surface area contributed by atoms with E-state index in [1.54, 1.807) is 18.2 Å². The van der Waals surface area contributed by atoms with Crippen LogP contribution in [0.25, 0.3) is 6.08 Å². The Labute approximate surface area is 170 Å². The van der Waals surface area contributed by atoms with Crippen LogP contribution in [0.1, 0.15) is 25.8 Å². The number of carbonyl (C=O) groups is 3. The van der Waals surface area contributed by atoms with Gasteiger partial charge in [-0.05, 0) is 64.8 Å². The van der Waals surface area contributed by atoms with Crippen molar-refractivity contribution in [2.45, 2.75) is 26.4 Å². The van der Waals surface area contributed by atoms with Crippen molar-refractivity contribution in [1.82, 2.24) is 4.90 Å². The Kier molecular flexibility index (Phi) is 7.32. The van der Waals surface area contributed by atoms with Crippen LogP contribution in [0.2, 0.25) is 0 Å². The van der Waals surface area contributed by atoms with Crippen LogP contribution in [-0.4, -0.2) is 48.9 Å². The molecule has 0 N–H and O–H groups in total. The van der Waals surface area contributed by atoms with Crippen molar-refractivity contribution in [2.75, 3.05) is 20.8 Å². The first-order valence-electron chi connectivity index (χ1n) is 8.17. The van der Waals surface area contributed by atoms with E-state index in [2.05, 4.69) is 20.7 Å². The third-order valence-corrected chi connectivity index (χ3v) is 5.33. The highest BCUT2D eigenvalue weighted by Gasteiger charge is 2.36. The molecule has 146 valence electrons. The molecule has 0 spiro atoms. The molecule has 2 rings (SSSR count). The second-order valence-corrected chi connectivity index (χ2v) is 7.56. The maximum atomic E-state index is 12.4. The van der Waals surface area contributed by atoms with E-state index in [9.17, 15) is 14.4 Å². The fourth-order valence-corrected chi connectivity index (χ4v) is 3.59. The fraction of sp³-hybridized carbons (Fsp3) is 0.389. The van der Waals surface area contributed by atoms with E-state index in [0.29, 0.717) is 21.5 Å². The van der Waals surface area contributed by atoms with Crippen molar-refractivity contribution in [3.05, 3.63) is 27.1 Å². The number of ether oxygens (including phenoxy) is 3. The van der Waals surface area contributed by atoms with Gasteiger partial charge in [0.2, 0.25) is 0 Å². The standard InChI is InChI=1S/C18H20BrNO6S/c1-5-10(2)26-16-12(19)6-11(7-13(16)24-3)8-14-17(22)20(18(23)27-14)9-15(21)25-4/h6-8,10H,5,9H2,1-4H3/b14-8-/t10-/m1/s1. The lowest BCUT2D eigenvalue weighted by Gasteiger charge is -2.17. The number of hydrogen-bond acceptors (Lipinski definition) is 7. The van der Waals surface area contributed by atoms with Gasteiger partial charge in [0.15, 0.2) is 11.5 Å². The first kappa shape index (κ1) is 21.3. The molecule has 0 aliphatic carbocycles. The van der Waals surface area contributed by atoms with Gasteiger partial charge in [-0.2, -0.15) is 0 Å². The predicted molar refractivity (Wildman–Crippen MR) is 106 cm³/mol. The van der Waals surface area contributed by atoms with E-state index in [1.807, 2.05) is 13.8 Å². The highest BCUT2D eigenvalue weighted by Crippen LogP contribution is 2.39. The van der Waals surface area contributed by atoms with Crippen LogP contribution in [-0.2, 0) is 14.3 Å². The zero-order valence-electron chi connectivity index (χ0n) is 15.4. The summed E-state index contributed by atoms with van der Waals surface area (Å²) < 4.78 is 16.5. The molecule has 1 aromatic carbocycles. The molecule has 2 amide bonds. The van der Waals surface area contributed by atoms with Gasteiger partial charge in [-0.25, -0.2) is 0 Å². The molecule has 1 aromatic rings. The molecule has 0 radical (unpaired) electrons. The number of thioether (sulfide) groups is 1. The van der Waals surface area contributed by atoms with E-state index in [1.165, 1.54) is 14.2 Å². The lowest BCUT2D eigenvalue weighted by Crippen LogP contribution is -2.34. The molecule has 1 heterocycles.